The van der Waals surface area contributed by atoms with E-state index in [0.717, 1.165) is 13.5 Å². The lowest BCUT2D eigenvalue weighted by molar-refractivity contribution is 0.0793. The Labute approximate surface area is 161 Å². The Balaban J connectivity index is 3.06. The van der Waals surface area contributed by atoms with Crippen molar-refractivity contribution in [1.29, 1.82) is 0 Å². The van der Waals surface area contributed by atoms with Crippen LogP contribution in [0, 0.1) is 0 Å². The van der Waals surface area contributed by atoms with Crippen LogP contribution < -0.4 is 0 Å². The van der Waals surface area contributed by atoms with Crippen LogP contribution in [-0.2, 0) is 18.3 Å². The van der Waals surface area contributed by atoms with Gasteiger partial charge in [0, 0.05) is 13.7 Å². The first-order chi connectivity index (χ1) is 12.6. The van der Waals surface area contributed by atoms with Crippen molar-refractivity contribution in [2.75, 3.05) is 26.9 Å². The van der Waals surface area contributed by atoms with Crippen LogP contribution in [0.15, 0.2) is 0 Å². The number of hydrogen-bond donors (Lipinski definition) is 1. The van der Waals surface area contributed by atoms with Gasteiger partial charge >= 0.3 is 7.82 Å². The number of phosphoric ester groups is 1. The van der Waals surface area contributed by atoms with Gasteiger partial charge in [-0.25, -0.2) is 4.57 Å². The van der Waals surface area contributed by atoms with Crippen molar-refractivity contribution in [3.05, 3.63) is 0 Å². The molecule has 0 bridgehead atoms. The molecule has 26 heavy (non-hydrogen) atoms. The molecule has 5 nitrogen and oxygen atoms in total. The minimum atomic E-state index is -3.85. The maximum atomic E-state index is 11.0. The van der Waals surface area contributed by atoms with Gasteiger partial charge in [0.25, 0.3) is 0 Å². The van der Waals surface area contributed by atoms with Crippen LogP contribution in [0.3, 0.4) is 0 Å². The molecule has 0 aliphatic carbocycles. The van der Waals surface area contributed by atoms with Crippen LogP contribution in [0.5, 0.6) is 0 Å². The lowest BCUT2D eigenvalue weighted by Crippen LogP contribution is -2.04. The molecular formula is C20H43O5P. The third-order valence-electron chi connectivity index (χ3n) is 4.61. The molecule has 0 radical (unpaired) electrons. The van der Waals surface area contributed by atoms with E-state index in [1.807, 2.05) is 0 Å². The molecule has 0 fully saturated rings. The van der Waals surface area contributed by atoms with Crippen molar-refractivity contribution < 1.29 is 23.2 Å². The Kier molecular flexibility index (Phi) is 19.9. The number of phosphoric acid groups is 1. The van der Waals surface area contributed by atoms with Crippen LogP contribution in [0.4, 0.5) is 0 Å². The third-order valence-corrected chi connectivity index (χ3v) is 5.58. The molecule has 0 rings (SSSR count). The second-order valence-corrected chi connectivity index (χ2v) is 8.61. The zero-order valence-corrected chi connectivity index (χ0v) is 18.1. The van der Waals surface area contributed by atoms with Crippen LogP contribution in [-0.4, -0.2) is 31.8 Å². The fraction of sp³-hybridized carbons (Fsp3) is 1.00. The van der Waals surface area contributed by atoms with Crippen molar-refractivity contribution in [3.8, 4) is 0 Å². The first kappa shape index (κ1) is 26.1. The Morgan fingerprint density at radius 1 is 0.654 bits per heavy atom. The van der Waals surface area contributed by atoms with Crippen molar-refractivity contribution in [2.24, 2.45) is 0 Å². The second-order valence-electron chi connectivity index (χ2n) is 7.05. The molecule has 158 valence electrons. The van der Waals surface area contributed by atoms with Gasteiger partial charge in [0.1, 0.15) is 0 Å². The molecule has 0 saturated heterocycles. The van der Waals surface area contributed by atoms with Gasteiger partial charge in [0.05, 0.1) is 13.2 Å². The van der Waals surface area contributed by atoms with Crippen LogP contribution in [0.1, 0.15) is 103 Å². The lowest BCUT2D eigenvalue weighted by Gasteiger charge is -2.09. The maximum Gasteiger partial charge on any atom is 0.471 e. The van der Waals surface area contributed by atoms with Crippen LogP contribution in [0.25, 0.3) is 0 Å². The summed E-state index contributed by atoms with van der Waals surface area (Å²) in [6, 6.07) is 0. The van der Waals surface area contributed by atoms with Crippen molar-refractivity contribution >= 4 is 7.82 Å². The SMILES string of the molecule is CCCCCCCCCCCCCCCCCOCCOP(=O)(O)OC. The third kappa shape index (κ3) is 20.4. The van der Waals surface area contributed by atoms with Gasteiger partial charge in [-0.05, 0) is 6.42 Å². The molecule has 0 aliphatic rings. The average molecular weight is 395 g/mol. The summed E-state index contributed by atoms with van der Waals surface area (Å²) in [5, 5.41) is 0. The van der Waals surface area contributed by atoms with E-state index in [-0.39, 0.29) is 6.61 Å². The van der Waals surface area contributed by atoms with Gasteiger partial charge in [-0.2, -0.15) is 0 Å². The molecule has 0 aliphatic heterocycles. The summed E-state index contributed by atoms with van der Waals surface area (Å²) in [4.78, 5) is 9.02. The molecule has 1 unspecified atom stereocenters. The molecule has 0 aromatic heterocycles. The molecule has 0 saturated carbocycles. The molecular weight excluding hydrogens is 351 g/mol. The first-order valence-electron chi connectivity index (χ1n) is 10.7. The zero-order chi connectivity index (χ0) is 19.3. The highest BCUT2D eigenvalue weighted by molar-refractivity contribution is 7.47. The summed E-state index contributed by atoms with van der Waals surface area (Å²) in [5.41, 5.74) is 0. The van der Waals surface area contributed by atoms with E-state index in [1.165, 1.54) is 89.9 Å². The summed E-state index contributed by atoms with van der Waals surface area (Å²) >= 11 is 0. The van der Waals surface area contributed by atoms with E-state index in [9.17, 15) is 4.57 Å². The maximum absolute atomic E-state index is 11.0. The van der Waals surface area contributed by atoms with Gasteiger partial charge in [0.15, 0.2) is 0 Å². The predicted octanol–water partition coefficient (Wildman–Crippen LogP) is 6.64. The molecule has 1 N–H and O–H groups in total. The molecule has 0 aromatic carbocycles. The normalized spacial score (nSPS) is 13.8. The summed E-state index contributed by atoms with van der Waals surface area (Å²) < 4.78 is 25.4. The molecule has 0 spiro atoms. The van der Waals surface area contributed by atoms with Gasteiger partial charge in [-0.1, -0.05) is 96.8 Å². The Morgan fingerprint density at radius 2 is 1.08 bits per heavy atom. The standard InChI is InChI=1S/C20H43O5P/c1-3-4-5-6-7-8-9-10-11-12-13-14-15-16-17-18-24-19-20-25-26(21,22)23-2/h3-20H2,1-2H3,(H,21,22). The number of unbranched alkanes of at least 4 members (excludes halogenated alkanes) is 14. The second kappa shape index (κ2) is 19.8. The van der Waals surface area contributed by atoms with E-state index in [4.69, 9.17) is 9.63 Å². The largest absolute Gasteiger partial charge is 0.471 e. The Bertz CT molecular complexity index is 325. The number of ether oxygens (including phenoxy) is 1. The summed E-state index contributed by atoms with van der Waals surface area (Å²) in [7, 11) is -2.70. The molecule has 0 aromatic rings. The molecule has 1 atom stereocenters. The monoisotopic (exact) mass is 394 g/mol. The van der Waals surface area contributed by atoms with Crippen LogP contribution in [0.2, 0.25) is 0 Å². The van der Waals surface area contributed by atoms with Crippen molar-refractivity contribution in [2.45, 2.75) is 103 Å². The topological polar surface area (TPSA) is 65.0 Å². The first-order valence-corrected chi connectivity index (χ1v) is 12.2. The predicted molar refractivity (Wildman–Crippen MR) is 109 cm³/mol. The Hall–Kier alpha value is 0.0700. The van der Waals surface area contributed by atoms with Crippen molar-refractivity contribution in [1.82, 2.24) is 0 Å². The summed E-state index contributed by atoms with van der Waals surface area (Å²) in [6.07, 6.45) is 20.2. The van der Waals surface area contributed by atoms with E-state index in [1.54, 1.807) is 0 Å². The molecule has 0 amide bonds. The summed E-state index contributed by atoms with van der Waals surface area (Å²) in [6.45, 7) is 3.37. The number of rotatable bonds is 21. The highest BCUT2D eigenvalue weighted by Gasteiger charge is 2.17. The fourth-order valence-electron chi connectivity index (χ4n) is 2.94. The highest BCUT2D eigenvalue weighted by atomic mass is 31.2. The Morgan fingerprint density at radius 3 is 1.50 bits per heavy atom. The smallest absolute Gasteiger partial charge is 0.379 e. The summed E-state index contributed by atoms with van der Waals surface area (Å²) in [5.74, 6) is 0. The van der Waals surface area contributed by atoms with Crippen LogP contribution >= 0.6 is 7.82 Å². The average Bonchev–Trinajstić information content (AvgIpc) is 2.63. The van der Waals surface area contributed by atoms with Gasteiger partial charge < -0.3 is 9.63 Å². The quantitative estimate of drug-likeness (QED) is 0.175. The zero-order valence-electron chi connectivity index (χ0n) is 17.3. The highest BCUT2D eigenvalue weighted by Crippen LogP contribution is 2.41. The van der Waals surface area contributed by atoms with E-state index >= 15 is 0 Å². The number of hydrogen-bond acceptors (Lipinski definition) is 4. The van der Waals surface area contributed by atoms with E-state index < -0.39 is 7.82 Å². The van der Waals surface area contributed by atoms with Gasteiger partial charge in [-0.15, -0.1) is 0 Å². The van der Waals surface area contributed by atoms with E-state index in [0.29, 0.717) is 13.2 Å². The molecule has 6 heteroatoms. The fourth-order valence-corrected chi connectivity index (χ4v) is 3.35. The van der Waals surface area contributed by atoms with E-state index in [2.05, 4.69) is 16.0 Å². The van der Waals surface area contributed by atoms with Gasteiger partial charge in [0.2, 0.25) is 0 Å². The minimum absolute atomic E-state index is 0.0837. The van der Waals surface area contributed by atoms with Crippen molar-refractivity contribution in [3.63, 3.8) is 0 Å². The molecule has 0 heterocycles. The minimum Gasteiger partial charge on any atom is -0.379 e. The lowest BCUT2D eigenvalue weighted by atomic mass is 10.0. The van der Waals surface area contributed by atoms with Gasteiger partial charge in [-0.3, -0.25) is 9.05 Å².